The summed E-state index contributed by atoms with van der Waals surface area (Å²) in [5.74, 6) is -1.52. The topological polar surface area (TPSA) is 66.4 Å². The van der Waals surface area contributed by atoms with E-state index in [1.807, 2.05) is 0 Å². The summed E-state index contributed by atoms with van der Waals surface area (Å²) in [6.45, 7) is 3.05. The average Bonchev–Trinajstić information content (AvgIpc) is 2.31. The number of carboxylic acids is 1. The summed E-state index contributed by atoms with van der Waals surface area (Å²) in [5.41, 5.74) is -1.16. The molecule has 0 spiro atoms. The highest BCUT2D eigenvalue weighted by atomic mass is 35.5. The Hall–Kier alpha value is -1.26. The molecule has 0 aliphatic heterocycles. The van der Waals surface area contributed by atoms with Gasteiger partial charge in [0.15, 0.2) is 5.54 Å². The highest BCUT2D eigenvalue weighted by molar-refractivity contribution is 6.42. The second kappa shape index (κ2) is 5.59. The van der Waals surface area contributed by atoms with Gasteiger partial charge in [0.2, 0.25) is 5.91 Å². The first-order chi connectivity index (χ1) is 8.31. The lowest BCUT2D eigenvalue weighted by Crippen LogP contribution is -2.49. The third kappa shape index (κ3) is 2.94. The normalized spacial score (nSPS) is 13.8. The minimum Gasteiger partial charge on any atom is -0.479 e. The van der Waals surface area contributed by atoms with E-state index in [4.69, 9.17) is 23.2 Å². The zero-order valence-electron chi connectivity index (χ0n) is 9.96. The lowest BCUT2D eigenvalue weighted by Gasteiger charge is -2.27. The number of carboxylic acid groups (broad SMARTS) is 1. The number of benzene rings is 1. The van der Waals surface area contributed by atoms with Gasteiger partial charge in [-0.2, -0.15) is 0 Å². The van der Waals surface area contributed by atoms with Crippen LogP contribution in [0.1, 0.15) is 25.8 Å². The van der Waals surface area contributed by atoms with E-state index in [1.54, 1.807) is 6.92 Å². The molecule has 0 saturated heterocycles. The second-order valence-electron chi connectivity index (χ2n) is 3.96. The minimum atomic E-state index is -1.53. The molecule has 0 saturated carbocycles. The largest absolute Gasteiger partial charge is 0.479 e. The average molecular weight is 290 g/mol. The van der Waals surface area contributed by atoms with Gasteiger partial charge in [0, 0.05) is 6.42 Å². The van der Waals surface area contributed by atoms with Crippen LogP contribution in [0.25, 0.3) is 0 Å². The van der Waals surface area contributed by atoms with Crippen molar-refractivity contribution >= 4 is 35.1 Å². The van der Waals surface area contributed by atoms with Gasteiger partial charge in [-0.1, -0.05) is 36.2 Å². The predicted octanol–water partition coefficient (Wildman–Crippen LogP) is 2.82. The first kappa shape index (κ1) is 14.8. The summed E-state index contributed by atoms with van der Waals surface area (Å²) in [6.07, 6.45) is 0.199. The maximum Gasteiger partial charge on any atom is 0.333 e. The standard InChI is InChI=1S/C12H13Cl2NO3/c1-3-10(16)15-12(2,11(17)18)7-4-5-8(13)9(14)6-7/h4-6H,3H2,1-2H3,(H,15,16)(H,17,18). The first-order valence-electron chi connectivity index (χ1n) is 5.31. The van der Waals surface area contributed by atoms with Crippen LogP contribution in [0, 0.1) is 0 Å². The zero-order chi connectivity index (χ0) is 13.9. The van der Waals surface area contributed by atoms with Crippen molar-refractivity contribution in [1.82, 2.24) is 5.32 Å². The number of halogens is 2. The Kier molecular flexibility index (Phi) is 4.59. The molecule has 0 aliphatic rings. The molecule has 2 N–H and O–H groups in total. The van der Waals surface area contributed by atoms with Crippen molar-refractivity contribution < 1.29 is 14.7 Å². The van der Waals surface area contributed by atoms with Crippen LogP contribution >= 0.6 is 23.2 Å². The second-order valence-corrected chi connectivity index (χ2v) is 4.78. The highest BCUT2D eigenvalue weighted by Gasteiger charge is 2.36. The van der Waals surface area contributed by atoms with Crippen LogP contribution in [0.5, 0.6) is 0 Å². The molecular formula is C12H13Cl2NO3. The number of nitrogens with one attached hydrogen (secondary N) is 1. The van der Waals surface area contributed by atoms with E-state index in [-0.39, 0.29) is 17.4 Å². The van der Waals surface area contributed by atoms with Gasteiger partial charge in [0.25, 0.3) is 0 Å². The monoisotopic (exact) mass is 289 g/mol. The van der Waals surface area contributed by atoms with Crippen molar-refractivity contribution in [3.63, 3.8) is 0 Å². The molecule has 0 fully saturated rings. The first-order valence-corrected chi connectivity index (χ1v) is 6.06. The van der Waals surface area contributed by atoms with E-state index < -0.39 is 11.5 Å². The summed E-state index contributed by atoms with van der Waals surface area (Å²) in [4.78, 5) is 22.8. The summed E-state index contributed by atoms with van der Waals surface area (Å²) in [6, 6.07) is 4.46. The fraction of sp³-hybridized carbons (Fsp3) is 0.333. The molecule has 1 atom stereocenters. The highest BCUT2D eigenvalue weighted by Crippen LogP contribution is 2.29. The number of carbonyl (C=O) groups is 2. The van der Waals surface area contributed by atoms with Gasteiger partial charge >= 0.3 is 5.97 Å². The fourth-order valence-corrected chi connectivity index (χ4v) is 1.72. The zero-order valence-corrected chi connectivity index (χ0v) is 11.5. The molecule has 0 heterocycles. The van der Waals surface area contributed by atoms with Gasteiger partial charge < -0.3 is 10.4 Å². The number of amides is 1. The molecule has 0 radical (unpaired) electrons. The molecule has 98 valence electrons. The van der Waals surface area contributed by atoms with Crippen molar-refractivity contribution in [2.45, 2.75) is 25.8 Å². The molecule has 1 aromatic carbocycles. The fourth-order valence-electron chi connectivity index (χ4n) is 1.42. The van der Waals surface area contributed by atoms with Gasteiger partial charge in [-0.05, 0) is 24.6 Å². The third-order valence-corrected chi connectivity index (χ3v) is 3.37. The Morgan fingerprint density at radius 1 is 1.33 bits per heavy atom. The van der Waals surface area contributed by atoms with Crippen LogP contribution in [0.15, 0.2) is 18.2 Å². The Labute approximate surface area is 115 Å². The number of carbonyl (C=O) groups excluding carboxylic acids is 1. The molecule has 18 heavy (non-hydrogen) atoms. The van der Waals surface area contributed by atoms with Gasteiger partial charge in [-0.25, -0.2) is 4.79 Å². The van der Waals surface area contributed by atoms with Gasteiger partial charge in [-0.3, -0.25) is 4.79 Å². The minimum absolute atomic E-state index is 0.199. The van der Waals surface area contributed by atoms with Crippen LogP contribution in [0.3, 0.4) is 0 Å². The van der Waals surface area contributed by atoms with Gasteiger partial charge in [-0.15, -0.1) is 0 Å². The molecule has 1 rings (SSSR count). The molecule has 6 heteroatoms. The Balaban J connectivity index is 3.22. The Morgan fingerprint density at radius 3 is 2.39 bits per heavy atom. The van der Waals surface area contributed by atoms with Crippen LogP contribution in [0.2, 0.25) is 10.0 Å². The van der Waals surface area contributed by atoms with Gasteiger partial charge in [0.1, 0.15) is 0 Å². The molecule has 0 aliphatic carbocycles. The summed E-state index contributed by atoms with van der Waals surface area (Å²) < 4.78 is 0. The number of aliphatic carboxylic acids is 1. The van der Waals surface area contributed by atoms with E-state index in [0.717, 1.165) is 0 Å². The maximum atomic E-state index is 11.4. The molecule has 1 aromatic rings. The summed E-state index contributed by atoms with van der Waals surface area (Å²) in [5, 5.41) is 12.3. The quantitative estimate of drug-likeness (QED) is 0.896. The van der Waals surface area contributed by atoms with Crippen molar-refractivity contribution in [3.05, 3.63) is 33.8 Å². The molecule has 4 nitrogen and oxygen atoms in total. The lowest BCUT2D eigenvalue weighted by molar-refractivity contribution is -0.147. The molecular weight excluding hydrogens is 277 g/mol. The van der Waals surface area contributed by atoms with Crippen molar-refractivity contribution in [2.24, 2.45) is 0 Å². The molecule has 1 unspecified atom stereocenters. The molecule has 0 bridgehead atoms. The van der Waals surface area contributed by atoms with Crippen molar-refractivity contribution in [1.29, 1.82) is 0 Å². The van der Waals surface area contributed by atoms with E-state index >= 15 is 0 Å². The van der Waals surface area contributed by atoms with Crippen LogP contribution < -0.4 is 5.32 Å². The van der Waals surface area contributed by atoms with E-state index in [9.17, 15) is 14.7 Å². The number of rotatable bonds is 4. The van der Waals surface area contributed by atoms with E-state index in [2.05, 4.69) is 5.32 Å². The molecule has 1 amide bonds. The Bertz CT molecular complexity index is 490. The van der Waals surface area contributed by atoms with Crippen LogP contribution in [0.4, 0.5) is 0 Å². The van der Waals surface area contributed by atoms with E-state index in [0.29, 0.717) is 10.6 Å². The predicted molar refractivity (Wildman–Crippen MR) is 69.9 cm³/mol. The molecule has 0 aromatic heterocycles. The SMILES string of the molecule is CCC(=O)NC(C)(C(=O)O)c1ccc(Cl)c(Cl)c1. The lowest BCUT2D eigenvalue weighted by atomic mass is 9.92. The van der Waals surface area contributed by atoms with Gasteiger partial charge in [0.05, 0.1) is 10.0 Å². The smallest absolute Gasteiger partial charge is 0.333 e. The summed E-state index contributed by atoms with van der Waals surface area (Å²) >= 11 is 11.6. The summed E-state index contributed by atoms with van der Waals surface area (Å²) in [7, 11) is 0. The maximum absolute atomic E-state index is 11.4. The number of hydrogen-bond acceptors (Lipinski definition) is 2. The third-order valence-electron chi connectivity index (χ3n) is 2.64. The van der Waals surface area contributed by atoms with Crippen LogP contribution in [-0.2, 0) is 15.1 Å². The Morgan fingerprint density at radius 2 is 1.94 bits per heavy atom. The number of hydrogen-bond donors (Lipinski definition) is 2. The van der Waals surface area contributed by atoms with Crippen molar-refractivity contribution in [2.75, 3.05) is 0 Å². The van der Waals surface area contributed by atoms with Crippen LogP contribution in [-0.4, -0.2) is 17.0 Å². The van der Waals surface area contributed by atoms with Crippen molar-refractivity contribution in [3.8, 4) is 0 Å². The van der Waals surface area contributed by atoms with E-state index in [1.165, 1.54) is 25.1 Å².